The first-order valence-electron chi connectivity index (χ1n) is 6.63. The van der Waals surface area contributed by atoms with E-state index in [-0.39, 0.29) is 11.5 Å². The van der Waals surface area contributed by atoms with Crippen LogP contribution in [0.2, 0.25) is 0 Å². The maximum Gasteiger partial charge on any atom is 0.0884 e. The van der Waals surface area contributed by atoms with Gasteiger partial charge in [0.1, 0.15) is 0 Å². The van der Waals surface area contributed by atoms with Crippen LogP contribution in [0.1, 0.15) is 69.7 Å². The highest BCUT2D eigenvalue weighted by atomic mass is 32.1. The highest BCUT2D eigenvalue weighted by Crippen LogP contribution is 2.34. The molecule has 1 aromatic heterocycles. The molecule has 2 atom stereocenters. The van der Waals surface area contributed by atoms with Gasteiger partial charge in [-0.1, -0.05) is 47.5 Å². The summed E-state index contributed by atoms with van der Waals surface area (Å²) in [5, 5.41) is 10.2. The number of rotatable bonds is 5. The van der Waals surface area contributed by atoms with Gasteiger partial charge >= 0.3 is 0 Å². The molecule has 0 spiro atoms. The first-order chi connectivity index (χ1) is 7.84. The topological polar surface area (TPSA) is 20.2 Å². The maximum atomic E-state index is 10.2. The van der Waals surface area contributed by atoms with Gasteiger partial charge in [-0.25, -0.2) is 0 Å². The smallest absolute Gasteiger partial charge is 0.0884 e. The number of aliphatic hydroxyl groups excluding tert-OH is 1. The molecule has 17 heavy (non-hydrogen) atoms. The van der Waals surface area contributed by atoms with Crippen LogP contribution in [0.3, 0.4) is 0 Å². The van der Waals surface area contributed by atoms with Gasteiger partial charge < -0.3 is 5.11 Å². The summed E-state index contributed by atoms with van der Waals surface area (Å²) in [7, 11) is 0. The molecule has 0 amide bonds. The molecular weight excluding hydrogens is 228 g/mol. The SMILES string of the molecule is CCCC(C)CC(O)c1ccc(C(C)(C)C)s1. The highest BCUT2D eigenvalue weighted by molar-refractivity contribution is 7.12. The molecule has 2 heteroatoms. The summed E-state index contributed by atoms with van der Waals surface area (Å²) < 4.78 is 0. The molecule has 0 aliphatic carbocycles. The van der Waals surface area contributed by atoms with Crippen molar-refractivity contribution in [2.75, 3.05) is 0 Å². The summed E-state index contributed by atoms with van der Waals surface area (Å²) >= 11 is 1.76. The molecule has 1 heterocycles. The molecular formula is C15H26OS. The fourth-order valence-corrected chi connectivity index (χ4v) is 3.11. The van der Waals surface area contributed by atoms with Crippen LogP contribution >= 0.6 is 11.3 Å². The van der Waals surface area contributed by atoms with Gasteiger partial charge in [0, 0.05) is 9.75 Å². The minimum absolute atomic E-state index is 0.192. The van der Waals surface area contributed by atoms with E-state index < -0.39 is 0 Å². The van der Waals surface area contributed by atoms with E-state index in [4.69, 9.17) is 0 Å². The van der Waals surface area contributed by atoms with E-state index in [2.05, 4.69) is 46.8 Å². The van der Waals surface area contributed by atoms with Crippen LogP contribution in [0, 0.1) is 5.92 Å². The van der Waals surface area contributed by atoms with Crippen LogP contribution in [-0.2, 0) is 5.41 Å². The molecule has 2 unspecified atom stereocenters. The molecule has 0 bridgehead atoms. The second kappa shape index (κ2) is 6.01. The van der Waals surface area contributed by atoms with E-state index in [0.717, 1.165) is 11.3 Å². The van der Waals surface area contributed by atoms with Crippen molar-refractivity contribution in [1.82, 2.24) is 0 Å². The zero-order valence-corrected chi connectivity index (χ0v) is 12.6. The molecule has 98 valence electrons. The Morgan fingerprint density at radius 3 is 2.41 bits per heavy atom. The normalized spacial score (nSPS) is 15.9. The van der Waals surface area contributed by atoms with Crippen molar-refractivity contribution in [2.24, 2.45) is 5.92 Å². The lowest BCUT2D eigenvalue weighted by atomic mass is 9.95. The van der Waals surface area contributed by atoms with Gasteiger partial charge in [-0.2, -0.15) is 0 Å². The number of thiophene rings is 1. The van der Waals surface area contributed by atoms with Crippen molar-refractivity contribution < 1.29 is 5.11 Å². The zero-order chi connectivity index (χ0) is 13.1. The van der Waals surface area contributed by atoms with Crippen molar-refractivity contribution in [3.8, 4) is 0 Å². The molecule has 1 nitrogen and oxygen atoms in total. The Balaban J connectivity index is 2.64. The first-order valence-corrected chi connectivity index (χ1v) is 7.44. The van der Waals surface area contributed by atoms with Crippen molar-refractivity contribution >= 4 is 11.3 Å². The van der Waals surface area contributed by atoms with Gasteiger partial charge in [0.2, 0.25) is 0 Å². The van der Waals surface area contributed by atoms with Gasteiger partial charge in [0.05, 0.1) is 6.10 Å². The standard InChI is InChI=1S/C15H26OS/c1-6-7-11(2)10-12(16)13-8-9-14(17-13)15(3,4)5/h8-9,11-12,16H,6-7,10H2,1-5H3. The summed E-state index contributed by atoms with van der Waals surface area (Å²) in [6, 6.07) is 4.25. The third-order valence-electron chi connectivity index (χ3n) is 3.10. The molecule has 1 N–H and O–H groups in total. The van der Waals surface area contributed by atoms with Crippen LogP contribution in [0.25, 0.3) is 0 Å². The Kier molecular flexibility index (Phi) is 5.21. The van der Waals surface area contributed by atoms with E-state index in [1.165, 1.54) is 17.7 Å². The van der Waals surface area contributed by atoms with E-state index in [9.17, 15) is 5.11 Å². The van der Waals surface area contributed by atoms with Gasteiger partial charge in [-0.3, -0.25) is 0 Å². The van der Waals surface area contributed by atoms with Crippen molar-refractivity contribution in [3.05, 3.63) is 21.9 Å². The fourth-order valence-electron chi connectivity index (χ4n) is 2.04. The molecule has 1 rings (SSSR count). The van der Waals surface area contributed by atoms with Crippen LogP contribution in [0.15, 0.2) is 12.1 Å². The van der Waals surface area contributed by atoms with Crippen LogP contribution in [0.4, 0.5) is 0 Å². The lowest BCUT2D eigenvalue weighted by molar-refractivity contribution is 0.148. The molecule has 1 aromatic rings. The van der Waals surface area contributed by atoms with Crippen molar-refractivity contribution in [1.29, 1.82) is 0 Å². The second-order valence-corrected chi connectivity index (χ2v) is 7.21. The molecule has 0 saturated carbocycles. The quantitative estimate of drug-likeness (QED) is 0.792. The molecule has 0 radical (unpaired) electrons. The van der Waals surface area contributed by atoms with Gasteiger partial charge in [0.15, 0.2) is 0 Å². The number of hydrogen-bond acceptors (Lipinski definition) is 2. The van der Waals surface area contributed by atoms with E-state index in [1.807, 2.05) is 0 Å². The average molecular weight is 254 g/mol. The monoisotopic (exact) mass is 254 g/mol. The fraction of sp³-hybridized carbons (Fsp3) is 0.733. The van der Waals surface area contributed by atoms with Crippen LogP contribution < -0.4 is 0 Å². The lowest BCUT2D eigenvalue weighted by Crippen LogP contribution is -2.08. The Bertz CT molecular complexity index is 335. The van der Waals surface area contributed by atoms with Crippen LogP contribution in [-0.4, -0.2) is 5.11 Å². The third-order valence-corrected chi connectivity index (χ3v) is 4.71. The van der Waals surface area contributed by atoms with Gasteiger partial charge in [-0.05, 0) is 29.9 Å². The van der Waals surface area contributed by atoms with Gasteiger partial charge in [0.25, 0.3) is 0 Å². The van der Waals surface area contributed by atoms with Crippen molar-refractivity contribution in [3.63, 3.8) is 0 Å². The summed E-state index contributed by atoms with van der Waals surface area (Å²) in [6.07, 6.45) is 3.01. The van der Waals surface area contributed by atoms with Crippen LogP contribution in [0.5, 0.6) is 0 Å². The largest absolute Gasteiger partial charge is 0.388 e. The molecule has 0 aromatic carbocycles. The Hall–Kier alpha value is -0.340. The minimum atomic E-state index is -0.280. The summed E-state index contributed by atoms with van der Waals surface area (Å²) in [4.78, 5) is 2.48. The summed E-state index contributed by atoms with van der Waals surface area (Å²) in [6.45, 7) is 11.1. The summed E-state index contributed by atoms with van der Waals surface area (Å²) in [5.74, 6) is 0.607. The summed E-state index contributed by atoms with van der Waals surface area (Å²) in [5.41, 5.74) is 0.192. The average Bonchev–Trinajstić information content (AvgIpc) is 2.65. The highest BCUT2D eigenvalue weighted by Gasteiger charge is 2.19. The maximum absolute atomic E-state index is 10.2. The first kappa shape index (κ1) is 14.7. The molecule has 0 aliphatic rings. The molecule has 0 saturated heterocycles. The zero-order valence-electron chi connectivity index (χ0n) is 11.8. The Morgan fingerprint density at radius 2 is 1.94 bits per heavy atom. The second-order valence-electron chi connectivity index (χ2n) is 6.10. The molecule has 0 aliphatic heterocycles. The molecule has 0 fully saturated rings. The van der Waals surface area contributed by atoms with Gasteiger partial charge in [-0.15, -0.1) is 11.3 Å². The van der Waals surface area contributed by atoms with Crippen molar-refractivity contribution in [2.45, 2.75) is 65.4 Å². The predicted molar refractivity (Wildman–Crippen MR) is 76.7 cm³/mol. The number of aliphatic hydroxyl groups is 1. The Morgan fingerprint density at radius 1 is 1.29 bits per heavy atom. The third kappa shape index (κ3) is 4.44. The number of hydrogen-bond donors (Lipinski definition) is 1. The minimum Gasteiger partial charge on any atom is -0.388 e. The Labute approximate surface area is 110 Å². The predicted octanol–water partition coefficient (Wildman–Crippen LogP) is 4.91. The van der Waals surface area contributed by atoms with E-state index in [0.29, 0.717) is 5.92 Å². The van der Waals surface area contributed by atoms with E-state index >= 15 is 0 Å². The lowest BCUT2D eigenvalue weighted by Gasteiger charge is -2.17. The van der Waals surface area contributed by atoms with E-state index in [1.54, 1.807) is 11.3 Å².